The van der Waals surface area contributed by atoms with Crippen LogP contribution >= 0.6 is 0 Å². The maximum Gasteiger partial charge on any atom is 0.154 e. The van der Waals surface area contributed by atoms with Crippen molar-refractivity contribution in [3.05, 3.63) is 22.8 Å². The molecule has 76 valence electrons. The maximum atomic E-state index is 10.8. The molecule has 0 bridgehead atoms. The van der Waals surface area contributed by atoms with Gasteiger partial charge in [0.1, 0.15) is 11.5 Å². The molecule has 0 saturated carbocycles. The zero-order chi connectivity index (χ0) is 10.7. The second-order valence-electron chi connectivity index (χ2n) is 3.06. The van der Waals surface area contributed by atoms with Crippen LogP contribution in [0.1, 0.15) is 21.5 Å². The predicted octanol–water partition coefficient (Wildman–Crippen LogP) is 2.13. The molecule has 0 aliphatic carbocycles. The third kappa shape index (κ3) is 1.58. The van der Waals surface area contributed by atoms with Gasteiger partial charge in [-0.1, -0.05) is 0 Å². The van der Waals surface area contributed by atoms with Crippen LogP contribution in [0.2, 0.25) is 0 Å². The molecule has 0 aliphatic rings. The lowest BCUT2D eigenvalue weighted by molar-refractivity contribution is 0.112. The van der Waals surface area contributed by atoms with Gasteiger partial charge in [-0.3, -0.25) is 4.79 Å². The molecule has 0 fully saturated rings. The quantitative estimate of drug-likeness (QED) is 0.691. The number of hydrogen-bond donors (Lipinski definition) is 0. The minimum atomic E-state index is 0.556. The van der Waals surface area contributed by atoms with Gasteiger partial charge >= 0.3 is 0 Å². The van der Waals surface area contributed by atoms with Gasteiger partial charge in [0.15, 0.2) is 6.29 Å². The zero-order valence-electron chi connectivity index (χ0n) is 8.88. The normalized spacial score (nSPS) is 9.71. The third-order valence-electron chi connectivity index (χ3n) is 2.42. The molecule has 0 saturated heterocycles. The number of carbonyl (C=O) groups excluding carboxylic acids is 1. The fraction of sp³-hybridized carbons (Fsp3) is 0.364. The summed E-state index contributed by atoms with van der Waals surface area (Å²) in [7, 11) is 3.14. The molecule has 0 spiro atoms. The second-order valence-corrected chi connectivity index (χ2v) is 3.06. The summed E-state index contributed by atoms with van der Waals surface area (Å²) in [4.78, 5) is 10.8. The Balaban J connectivity index is 3.45. The van der Waals surface area contributed by atoms with Crippen molar-refractivity contribution in [1.82, 2.24) is 0 Å². The first kappa shape index (κ1) is 10.6. The SMILES string of the molecule is COc1cc(OC)c(C=O)c(C)c1C. The van der Waals surface area contributed by atoms with Gasteiger partial charge in [0.2, 0.25) is 0 Å². The first-order valence-corrected chi connectivity index (χ1v) is 4.33. The van der Waals surface area contributed by atoms with Gasteiger partial charge in [-0.15, -0.1) is 0 Å². The predicted molar refractivity (Wildman–Crippen MR) is 54.4 cm³/mol. The Kier molecular flexibility index (Phi) is 3.12. The molecular formula is C11H14O3. The minimum absolute atomic E-state index is 0.556. The summed E-state index contributed by atoms with van der Waals surface area (Å²) in [5.41, 5.74) is 2.46. The molecule has 1 rings (SSSR count). The fourth-order valence-electron chi connectivity index (χ4n) is 1.40. The van der Waals surface area contributed by atoms with E-state index < -0.39 is 0 Å². The Hall–Kier alpha value is -1.51. The molecule has 0 aromatic heterocycles. The smallest absolute Gasteiger partial charge is 0.154 e. The average Bonchev–Trinajstić information content (AvgIpc) is 2.21. The number of ether oxygens (including phenoxy) is 2. The van der Waals surface area contributed by atoms with Crippen LogP contribution in [-0.2, 0) is 0 Å². The molecule has 0 atom stereocenters. The summed E-state index contributed by atoms with van der Waals surface area (Å²) in [6, 6.07) is 1.73. The summed E-state index contributed by atoms with van der Waals surface area (Å²) in [6.45, 7) is 3.80. The highest BCUT2D eigenvalue weighted by atomic mass is 16.5. The van der Waals surface area contributed by atoms with Gasteiger partial charge in [-0.25, -0.2) is 0 Å². The summed E-state index contributed by atoms with van der Waals surface area (Å²) in [6.07, 6.45) is 0.806. The fourth-order valence-corrected chi connectivity index (χ4v) is 1.40. The Bertz CT molecular complexity index is 356. The van der Waals surface area contributed by atoms with Crippen molar-refractivity contribution < 1.29 is 14.3 Å². The molecule has 0 N–H and O–H groups in total. The van der Waals surface area contributed by atoms with Crippen molar-refractivity contribution in [2.75, 3.05) is 14.2 Å². The summed E-state index contributed by atoms with van der Waals surface area (Å²) in [5.74, 6) is 1.30. The first-order valence-electron chi connectivity index (χ1n) is 4.33. The highest BCUT2D eigenvalue weighted by Gasteiger charge is 2.12. The molecule has 3 nitrogen and oxygen atoms in total. The van der Waals surface area contributed by atoms with E-state index in [1.54, 1.807) is 13.2 Å². The molecule has 0 heterocycles. The monoisotopic (exact) mass is 194 g/mol. The van der Waals surface area contributed by atoms with Crippen molar-refractivity contribution in [3.8, 4) is 11.5 Å². The molecule has 0 unspecified atom stereocenters. The van der Waals surface area contributed by atoms with Crippen molar-refractivity contribution in [2.45, 2.75) is 13.8 Å². The summed E-state index contributed by atoms with van der Waals surface area (Å²) in [5, 5.41) is 0. The number of benzene rings is 1. The van der Waals surface area contributed by atoms with E-state index >= 15 is 0 Å². The molecule has 1 aromatic carbocycles. The molecule has 3 heteroatoms. The van der Waals surface area contributed by atoms with Crippen LogP contribution in [0, 0.1) is 13.8 Å². The third-order valence-corrected chi connectivity index (χ3v) is 2.42. The molecule has 0 aliphatic heterocycles. The Labute approximate surface area is 83.6 Å². The van der Waals surface area contributed by atoms with E-state index in [2.05, 4.69) is 0 Å². The maximum absolute atomic E-state index is 10.8. The highest BCUT2D eigenvalue weighted by molar-refractivity contribution is 5.83. The van der Waals surface area contributed by atoms with Gasteiger partial charge in [-0.05, 0) is 25.0 Å². The highest BCUT2D eigenvalue weighted by Crippen LogP contribution is 2.31. The number of aldehydes is 1. The van der Waals surface area contributed by atoms with E-state index in [0.29, 0.717) is 11.3 Å². The zero-order valence-corrected chi connectivity index (χ0v) is 8.88. The molecule has 0 radical (unpaired) electrons. The van der Waals surface area contributed by atoms with Crippen molar-refractivity contribution >= 4 is 6.29 Å². The average molecular weight is 194 g/mol. The second kappa shape index (κ2) is 4.13. The molecule has 14 heavy (non-hydrogen) atoms. The summed E-state index contributed by atoms with van der Waals surface area (Å²) < 4.78 is 10.3. The van der Waals surface area contributed by atoms with E-state index in [1.807, 2.05) is 13.8 Å². The number of methoxy groups -OCH3 is 2. The van der Waals surface area contributed by atoms with Crippen molar-refractivity contribution in [2.24, 2.45) is 0 Å². The van der Waals surface area contributed by atoms with E-state index in [4.69, 9.17) is 9.47 Å². The van der Waals surface area contributed by atoms with Gasteiger partial charge in [0.25, 0.3) is 0 Å². The van der Waals surface area contributed by atoms with E-state index in [-0.39, 0.29) is 0 Å². The van der Waals surface area contributed by atoms with Crippen LogP contribution in [0.3, 0.4) is 0 Å². The number of hydrogen-bond acceptors (Lipinski definition) is 3. The van der Waals surface area contributed by atoms with Crippen LogP contribution in [0.4, 0.5) is 0 Å². The Morgan fingerprint density at radius 1 is 1.07 bits per heavy atom. The van der Waals surface area contributed by atoms with Crippen LogP contribution in [0.25, 0.3) is 0 Å². The lowest BCUT2D eigenvalue weighted by Crippen LogP contribution is -1.99. The molecule has 1 aromatic rings. The van der Waals surface area contributed by atoms with E-state index in [1.165, 1.54) is 7.11 Å². The van der Waals surface area contributed by atoms with E-state index in [0.717, 1.165) is 23.2 Å². The van der Waals surface area contributed by atoms with Crippen molar-refractivity contribution in [1.29, 1.82) is 0 Å². The van der Waals surface area contributed by atoms with Gasteiger partial charge < -0.3 is 9.47 Å². The largest absolute Gasteiger partial charge is 0.496 e. The van der Waals surface area contributed by atoms with Crippen LogP contribution < -0.4 is 9.47 Å². The minimum Gasteiger partial charge on any atom is -0.496 e. The van der Waals surface area contributed by atoms with Crippen LogP contribution in [0.15, 0.2) is 6.07 Å². The van der Waals surface area contributed by atoms with Crippen LogP contribution in [-0.4, -0.2) is 20.5 Å². The Morgan fingerprint density at radius 2 is 1.64 bits per heavy atom. The topological polar surface area (TPSA) is 35.5 Å². The van der Waals surface area contributed by atoms with Gasteiger partial charge in [0.05, 0.1) is 19.8 Å². The molecule has 0 amide bonds. The number of rotatable bonds is 3. The number of carbonyl (C=O) groups is 1. The van der Waals surface area contributed by atoms with Gasteiger partial charge in [0, 0.05) is 6.07 Å². The molecular weight excluding hydrogens is 180 g/mol. The summed E-state index contributed by atoms with van der Waals surface area (Å²) >= 11 is 0. The first-order chi connectivity index (χ1) is 6.65. The lowest BCUT2D eigenvalue weighted by Gasteiger charge is -2.13. The Morgan fingerprint density at radius 3 is 2.07 bits per heavy atom. The lowest BCUT2D eigenvalue weighted by atomic mass is 10.0. The van der Waals surface area contributed by atoms with Crippen molar-refractivity contribution in [3.63, 3.8) is 0 Å². The van der Waals surface area contributed by atoms with Gasteiger partial charge in [-0.2, -0.15) is 0 Å². The van der Waals surface area contributed by atoms with E-state index in [9.17, 15) is 4.79 Å². The standard InChI is InChI=1S/C11H14O3/c1-7-8(2)10(13-3)5-11(14-4)9(7)6-12/h5-6H,1-4H3. The van der Waals surface area contributed by atoms with Crippen LogP contribution in [0.5, 0.6) is 11.5 Å².